The fraction of sp³-hybridized carbons (Fsp3) is 0.278. The number of pyridine rings is 1. The Morgan fingerprint density at radius 2 is 2.00 bits per heavy atom. The van der Waals surface area contributed by atoms with E-state index >= 15 is 0 Å². The fourth-order valence-electron chi connectivity index (χ4n) is 2.51. The van der Waals surface area contributed by atoms with E-state index in [1.807, 2.05) is 47.9 Å². The largest absolute Gasteiger partial charge is 0.357 e. The van der Waals surface area contributed by atoms with Crippen LogP contribution in [0.3, 0.4) is 0 Å². The summed E-state index contributed by atoms with van der Waals surface area (Å²) in [5, 5.41) is 16.2. The van der Waals surface area contributed by atoms with E-state index in [9.17, 15) is 0 Å². The van der Waals surface area contributed by atoms with Crippen molar-refractivity contribution < 1.29 is 0 Å². The molecule has 144 valence electrons. The predicted molar refractivity (Wildman–Crippen MR) is 121 cm³/mol. The number of aliphatic imine (C=N–C) groups is 1. The SMILES string of the molecule is CCNC(=NCc1ccc(Cl)cc1Cl)NCCc1nnc2ccccn12.I. The van der Waals surface area contributed by atoms with Crippen molar-refractivity contribution in [3.05, 3.63) is 64.0 Å². The van der Waals surface area contributed by atoms with Crippen molar-refractivity contribution in [1.82, 2.24) is 25.2 Å². The lowest BCUT2D eigenvalue weighted by atomic mass is 10.2. The zero-order valence-corrected chi connectivity index (χ0v) is 18.7. The topological polar surface area (TPSA) is 66.6 Å². The number of hydrogen-bond donors (Lipinski definition) is 2. The molecule has 0 bridgehead atoms. The van der Waals surface area contributed by atoms with Gasteiger partial charge in [-0.2, -0.15) is 0 Å². The van der Waals surface area contributed by atoms with Crippen molar-refractivity contribution in [3.8, 4) is 0 Å². The molecule has 0 atom stereocenters. The highest BCUT2D eigenvalue weighted by Gasteiger charge is 2.06. The minimum absolute atomic E-state index is 0. The van der Waals surface area contributed by atoms with Crippen molar-refractivity contribution in [2.75, 3.05) is 13.1 Å². The van der Waals surface area contributed by atoms with Crippen LogP contribution in [0.4, 0.5) is 0 Å². The van der Waals surface area contributed by atoms with Gasteiger partial charge in [0, 0.05) is 35.8 Å². The highest BCUT2D eigenvalue weighted by molar-refractivity contribution is 14.0. The molecule has 2 N–H and O–H groups in total. The highest BCUT2D eigenvalue weighted by Crippen LogP contribution is 2.21. The first kappa shape index (κ1) is 21.7. The molecule has 0 fully saturated rings. The van der Waals surface area contributed by atoms with Gasteiger partial charge in [0.2, 0.25) is 0 Å². The molecular weight excluding hydrogens is 498 g/mol. The lowest BCUT2D eigenvalue weighted by Crippen LogP contribution is -2.38. The monoisotopic (exact) mass is 518 g/mol. The molecule has 0 aliphatic heterocycles. The van der Waals surface area contributed by atoms with E-state index in [1.165, 1.54) is 0 Å². The molecule has 2 heterocycles. The summed E-state index contributed by atoms with van der Waals surface area (Å²) in [6.45, 7) is 3.96. The molecule has 0 aliphatic rings. The lowest BCUT2D eigenvalue weighted by Gasteiger charge is -2.11. The van der Waals surface area contributed by atoms with Crippen LogP contribution in [0.2, 0.25) is 10.0 Å². The number of halogens is 3. The Bertz CT molecular complexity index is 912. The maximum absolute atomic E-state index is 6.20. The van der Waals surface area contributed by atoms with Gasteiger partial charge in [-0.25, -0.2) is 4.99 Å². The molecule has 0 aliphatic carbocycles. The van der Waals surface area contributed by atoms with Crippen LogP contribution in [-0.4, -0.2) is 33.6 Å². The molecule has 0 spiro atoms. The maximum atomic E-state index is 6.20. The molecule has 27 heavy (non-hydrogen) atoms. The third kappa shape index (κ3) is 5.95. The van der Waals surface area contributed by atoms with E-state index in [0.29, 0.717) is 23.1 Å². The van der Waals surface area contributed by atoms with E-state index in [0.717, 1.165) is 36.0 Å². The summed E-state index contributed by atoms with van der Waals surface area (Å²) in [5.41, 5.74) is 1.78. The molecule has 0 saturated carbocycles. The second kappa shape index (κ2) is 10.7. The number of nitrogens with one attached hydrogen (secondary N) is 2. The zero-order chi connectivity index (χ0) is 18.4. The smallest absolute Gasteiger partial charge is 0.191 e. The summed E-state index contributed by atoms with van der Waals surface area (Å²) in [5.74, 6) is 1.64. The number of hydrogen-bond acceptors (Lipinski definition) is 3. The van der Waals surface area contributed by atoms with Crippen LogP contribution in [0.1, 0.15) is 18.3 Å². The Morgan fingerprint density at radius 1 is 1.15 bits per heavy atom. The van der Waals surface area contributed by atoms with Gasteiger partial charge in [0.05, 0.1) is 6.54 Å². The van der Waals surface area contributed by atoms with Crippen molar-refractivity contribution >= 4 is 58.8 Å². The van der Waals surface area contributed by atoms with Crippen LogP contribution < -0.4 is 10.6 Å². The second-order valence-corrected chi connectivity index (χ2v) is 6.50. The normalized spacial score (nSPS) is 11.3. The summed E-state index contributed by atoms with van der Waals surface area (Å²) in [7, 11) is 0. The van der Waals surface area contributed by atoms with Gasteiger partial charge in [-0.1, -0.05) is 35.3 Å². The summed E-state index contributed by atoms with van der Waals surface area (Å²) >= 11 is 12.1. The van der Waals surface area contributed by atoms with Crippen LogP contribution in [0, 0.1) is 0 Å². The number of fused-ring (bicyclic) bond motifs is 1. The summed E-state index contributed by atoms with van der Waals surface area (Å²) in [6.07, 6.45) is 2.70. The average Bonchev–Trinajstić information content (AvgIpc) is 3.04. The third-order valence-corrected chi connectivity index (χ3v) is 4.38. The van der Waals surface area contributed by atoms with Gasteiger partial charge in [0.1, 0.15) is 5.82 Å². The number of nitrogens with zero attached hydrogens (tertiary/aromatic N) is 4. The van der Waals surface area contributed by atoms with Gasteiger partial charge in [0.15, 0.2) is 11.6 Å². The molecule has 0 radical (unpaired) electrons. The van der Waals surface area contributed by atoms with Crippen molar-refractivity contribution in [2.45, 2.75) is 19.9 Å². The van der Waals surface area contributed by atoms with Crippen molar-refractivity contribution in [3.63, 3.8) is 0 Å². The minimum atomic E-state index is 0. The molecule has 2 aromatic heterocycles. The molecule has 1 aromatic carbocycles. The van der Waals surface area contributed by atoms with Crippen molar-refractivity contribution in [2.24, 2.45) is 4.99 Å². The first-order chi connectivity index (χ1) is 12.7. The predicted octanol–water partition coefficient (Wildman–Crippen LogP) is 3.95. The Hall–Kier alpha value is -1.58. The Labute approximate surface area is 185 Å². The number of guanidine groups is 1. The number of aromatic nitrogens is 3. The maximum Gasteiger partial charge on any atom is 0.191 e. The Balaban J connectivity index is 0.00000261. The molecule has 0 amide bonds. The molecular formula is C18H21Cl2IN6. The van der Waals surface area contributed by atoms with Gasteiger partial charge in [-0.3, -0.25) is 4.40 Å². The van der Waals surface area contributed by atoms with Gasteiger partial charge in [-0.05, 0) is 36.8 Å². The fourth-order valence-corrected chi connectivity index (χ4v) is 2.98. The zero-order valence-electron chi connectivity index (χ0n) is 14.8. The van der Waals surface area contributed by atoms with Crippen LogP contribution >= 0.6 is 47.2 Å². The van der Waals surface area contributed by atoms with E-state index in [4.69, 9.17) is 23.2 Å². The number of rotatable bonds is 6. The lowest BCUT2D eigenvalue weighted by molar-refractivity contribution is 0.763. The minimum Gasteiger partial charge on any atom is -0.357 e. The molecule has 9 heteroatoms. The number of benzene rings is 1. The first-order valence-electron chi connectivity index (χ1n) is 8.42. The van der Waals surface area contributed by atoms with Gasteiger partial charge >= 0.3 is 0 Å². The molecule has 0 saturated heterocycles. The molecule has 3 aromatic rings. The Kier molecular flexibility index (Phi) is 8.59. The summed E-state index contributed by atoms with van der Waals surface area (Å²) in [6, 6.07) is 11.3. The first-order valence-corrected chi connectivity index (χ1v) is 9.17. The highest BCUT2D eigenvalue weighted by atomic mass is 127. The van der Waals surface area contributed by atoms with Crippen LogP contribution in [0.25, 0.3) is 5.65 Å². The van der Waals surface area contributed by atoms with Gasteiger partial charge in [-0.15, -0.1) is 34.2 Å². The van der Waals surface area contributed by atoms with E-state index in [-0.39, 0.29) is 24.0 Å². The summed E-state index contributed by atoms with van der Waals surface area (Å²) < 4.78 is 1.99. The van der Waals surface area contributed by atoms with E-state index in [2.05, 4.69) is 25.8 Å². The van der Waals surface area contributed by atoms with Gasteiger partial charge in [0.25, 0.3) is 0 Å². The molecule has 6 nitrogen and oxygen atoms in total. The molecule has 0 unspecified atom stereocenters. The third-order valence-electron chi connectivity index (χ3n) is 3.79. The average molecular weight is 519 g/mol. The van der Waals surface area contributed by atoms with Crippen LogP contribution in [0.5, 0.6) is 0 Å². The molecule has 3 rings (SSSR count). The van der Waals surface area contributed by atoms with E-state index in [1.54, 1.807) is 6.07 Å². The van der Waals surface area contributed by atoms with E-state index < -0.39 is 0 Å². The van der Waals surface area contributed by atoms with Crippen LogP contribution in [-0.2, 0) is 13.0 Å². The summed E-state index contributed by atoms with van der Waals surface area (Å²) in [4.78, 5) is 4.58. The quantitative estimate of drug-likeness (QED) is 0.294. The van der Waals surface area contributed by atoms with Gasteiger partial charge < -0.3 is 10.6 Å². The Morgan fingerprint density at radius 3 is 2.78 bits per heavy atom. The van der Waals surface area contributed by atoms with Crippen LogP contribution in [0.15, 0.2) is 47.6 Å². The van der Waals surface area contributed by atoms with Crippen molar-refractivity contribution in [1.29, 1.82) is 0 Å². The standard InChI is InChI=1S/C18H20Cl2N6.HI/c1-2-21-18(23-12-13-6-7-14(19)11-15(13)20)22-9-8-17-25-24-16-5-3-4-10-26(16)17;/h3-7,10-11H,2,8-9,12H2,1H3,(H2,21,22,23);1H. The second-order valence-electron chi connectivity index (χ2n) is 5.65.